The lowest BCUT2D eigenvalue weighted by atomic mass is 9.87. The summed E-state index contributed by atoms with van der Waals surface area (Å²) in [6, 6.07) is 11.8. The Morgan fingerprint density at radius 1 is 1.21 bits per heavy atom. The minimum atomic E-state index is -0.569. The number of carbonyl (C=O) groups is 1. The summed E-state index contributed by atoms with van der Waals surface area (Å²) in [5.74, 6) is 0.407. The van der Waals surface area contributed by atoms with Crippen LogP contribution < -0.4 is 0 Å². The van der Waals surface area contributed by atoms with Crippen LogP contribution in [0.15, 0.2) is 55.0 Å². The van der Waals surface area contributed by atoms with Crippen LogP contribution in [0.5, 0.6) is 0 Å². The molecule has 2 aromatic heterocycles. The molecule has 122 valence electrons. The summed E-state index contributed by atoms with van der Waals surface area (Å²) < 4.78 is 1.72. The van der Waals surface area contributed by atoms with Crippen LogP contribution in [0.2, 0.25) is 0 Å². The summed E-state index contributed by atoms with van der Waals surface area (Å²) >= 11 is 0. The van der Waals surface area contributed by atoms with Gasteiger partial charge in [-0.2, -0.15) is 0 Å². The van der Waals surface area contributed by atoms with Crippen molar-refractivity contribution in [1.29, 1.82) is 0 Å². The molecule has 3 heterocycles. The second-order valence-corrected chi connectivity index (χ2v) is 6.08. The first-order valence-corrected chi connectivity index (χ1v) is 8.04. The number of amides is 1. The van der Waals surface area contributed by atoms with Crippen molar-refractivity contribution in [2.75, 3.05) is 13.1 Å². The highest BCUT2D eigenvalue weighted by Crippen LogP contribution is 2.28. The van der Waals surface area contributed by atoms with Crippen molar-refractivity contribution in [3.8, 4) is 0 Å². The first-order valence-electron chi connectivity index (χ1n) is 8.04. The van der Waals surface area contributed by atoms with Crippen molar-refractivity contribution in [1.82, 2.24) is 19.3 Å². The second kappa shape index (κ2) is 6.05. The molecule has 1 aromatic carbocycles. The fourth-order valence-corrected chi connectivity index (χ4v) is 3.30. The summed E-state index contributed by atoms with van der Waals surface area (Å²) in [5.41, 5.74) is 1.48. The van der Waals surface area contributed by atoms with Crippen molar-refractivity contribution < 1.29 is 9.90 Å². The molecule has 0 aliphatic carbocycles. The van der Waals surface area contributed by atoms with Crippen molar-refractivity contribution >= 4 is 11.7 Å². The van der Waals surface area contributed by atoms with Gasteiger partial charge in [-0.15, -0.1) is 0 Å². The minimum Gasteiger partial charge on any atom is -0.391 e. The zero-order valence-corrected chi connectivity index (χ0v) is 13.1. The van der Waals surface area contributed by atoms with Crippen LogP contribution in [0, 0.1) is 0 Å². The molecule has 0 spiro atoms. The van der Waals surface area contributed by atoms with Gasteiger partial charge in [0.1, 0.15) is 5.69 Å². The van der Waals surface area contributed by atoms with Crippen LogP contribution in [-0.2, 0) is 0 Å². The molecule has 0 saturated carbocycles. The van der Waals surface area contributed by atoms with Gasteiger partial charge in [-0.25, -0.2) is 9.97 Å². The third kappa shape index (κ3) is 2.65. The van der Waals surface area contributed by atoms with Gasteiger partial charge in [-0.3, -0.25) is 9.20 Å². The van der Waals surface area contributed by atoms with Crippen LogP contribution in [-0.4, -0.2) is 49.5 Å². The number of hydrogen-bond donors (Lipinski definition) is 1. The number of rotatable bonds is 2. The van der Waals surface area contributed by atoms with E-state index in [9.17, 15) is 9.90 Å². The topological polar surface area (TPSA) is 70.7 Å². The molecule has 3 aromatic rings. The summed E-state index contributed by atoms with van der Waals surface area (Å²) in [7, 11) is 0. The largest absolute Gasteiger partial charge is 0.391 e. The van der Waals surface area contributed by atoms with Crippen molar-refractivity contribution in [3.05, 3.63) is 66.2 Å². The molecular formula is C18H18N4O2. The molecule has 0 bridgehead atoms. The van der Waals surface area contributed by atoms with Gasteiger partial charge in [0.2, 0.25) is 5.78 Å². The van der Waals surface area contributed by atoms with Gasteiger partial charge >= 0.3 is 0 Å². The zero-order valence-electron chi connectivity index (χ0n) is 13.1. The minimum absolute atomic E-state index is 0.0676. The Hall–Kier alpha value is -2.73. The van der Waals surface area contributed by atoms with E-state index in [4.69, 9.17) is 0 Å². The molecule has 1 fully saturated rings. The fraction of sp³-hybridized carbons (Fsp3) is 0.278. The van der Waals surface area contributed by atoms with Crippen molar-refractivity contribution in [2.45, 2.75) is 18.4 Å². The van der Waals surface area contributed by atoms with E-state index in [0.29, 0.717) is 24.6 Å². The Bertz CT molecular complexity index is 829. The maximum absolute atomic E-state index is 12.7. The molecular weight excluding hydrogens is 304 g/mol. The summed E-state index contributed by atoms with van der Waals surface area (Å²) in [6.45, 7) is 0.927. The van der Waals surface area contributed by atoms with Crippen molar-refractivity contribution in [3.63, 3.8) is 0 Å². The summed E-state index contributed by atoms with van der Waals surface area (Å²) in [5, 5.41) is 10.5. The zero-order chi connectivity index (χ0) is 16.5. The molecule has 1 aliphatic rings. The third-order valence-electron chi connectivity index (χ3n) is 4.55. The van der Waals surface area contributed by atoms with Gasteiger partial charge in [0.05, 0.1) is 6.10 Å². The van der Waals surface area contributed by atoms with Crippen LogP contribution in [0.3, 0.4) is 0 Å². The lowest BCUT2D eigenvalue weighted by Gasteiger charge is -2.35. The Balaban J connectivity index is 1.51. The highest BCUT2D eigenvalue weighted by Gasteiger charge is 2.32. The summed E-state index contributed by atoms with van der Waals surface area (Å²) in [4.78, 5) is 22.7. The van der Waals surface area contributed by atoms with Gasteiger partial charge in [-0.1, -0.05) is 30.3 Å². The number of aliphatic hydroxyl groups excluding tert-OH is 1. The number of imidazole rings is 1. The van der Waals surface area contributed by atoms with E-state index in [-0.39, 0.29) is 11.8 Å². The SMILES string of the molecule is O=C(c1cn2cccnc2n1)N1CC[C@@H](c2ccccc2)[C@H](O)C1. The van der Waals surface area contributed by atoms with E-state index in [1.807, 2.05) is 36.5 Å². The Kier molecular flexibility index (Phi) is 3.74. The van der Waals surface area contributed by atoms with Crippen LogP contribution in [0.25, 0.3) is 5.78 Å². The molecule has 0 unspecified atom stereocenters. The van der Waals surface area contributed by atoms with Crippen LogP contribution >= 0.6 is 0 Å². The lowest BCUT2D eigenvalue weighted by Crippen LogP contribution is -2.45. The Morgan fingerprint density at radius 3 is 2.79 bits per heavy atom. The van der Waals surface area contributed by atoms with Crippen LogP contribution in [0.1, 0.15) is 28.4 Å². The highest BCUT2D eigenvalue weighted by molar-refractivity contribution is 5.92. The van der Waals surface area contributed by atoms with E-state index in [2.05, 4.69) is 9.97 Å². The standard InChI is InChI=1S/C18H18N4O2/c23-16-12-21(10-7-14(16)13-5-2-1-3-6-13)17(24)15-11-22-9-4-8-19-18(22)20-15/h1-6,8-9,11,14,16,23H,7,10,12H2/t14-,16+/m0/s1. The van der Waals surface area contributed by atoms with Gasteiger partial charge in [-0.05, 0) is 18.1 Å². The molecule has 6 heteroatoms. The number of nitrogens with zero attached hydrogens (tertiary/aromatic N) is 4. The van der Waals surface area contributed by atoms with Crippen LogP contribution in [0.4, 0.5) is 0 Å². The third-order valence-corrected chi connectivity index (χ3v) is 4.55. The average Bonchev–Trinajstić information content (AvgIpc) is 3.06. The number of piperidine rings is 1. The number of hydrogen-bond acceptors (Lipinski definition) is 4. The Labute approximate surface area is 139 Å². The molecule has 4 rings (SSSR count). The Morgan fingerprint density at radius 2 is 2.04 bits per heavy atom. The van der Waals surface area contributed by atoms with E-state index < -0.39 is 6.10 Å². The van der Waals surface area contributed by atoms with E-state index in [1.54, 1.807) is 27.8 Å². The van der Waals surface area contributed by atoms with Gasteiger partial charge in [0, 0.05) is 37.6 Å². The number of carbonyl (C=O) groups excluding carboxylic acids is 1. The molecule has 6 nitrogen and oxygen atoms in total. The first-order chi connectivity index (χ1) is 11.7. The number of likely N-dealkylation sites (tertiary alicyclic amines) is 1. The van der Waals surface area contributed by atoms with Gasteiger partial charge in [0.15, 0.2) is 0 Å². The quantitative estimate of drug-likeness (QED) is 0.780. The average molecular weight is 322 g/mol. The lowest BCUT2D eigenvalue weighted by molar-refractivity contribution is 0.0378. The normalized spacial score (nSPS) is 21.1. The summed E-state index contributed by atoms with van der Waals surface area (Å²) in [6.07, 6.45) is 5.30. The smallest absolute Gasteiger partial charge is 0.274 e. The molecule has 1 aliphatic heterocycles. The molecule has 0 radical (unpaired) electrons. The molecule has 1 amide bonds. The predicted octanol–water partition coefficient (Wildman–Crippen LogP) is 1.72. The second-order valence-electron chi connectivity index (χ2n) is 6.08. The number of β-amino-alcohol motifs (C(OH)–C–C–N with tert-alkyl or cyclic N) is 1. The number of benzene rings is 1. The van der Waals surface area contributed by atoms with E-state index in [0.717, 1.165) is 12.0 Å². The maximum atomic E-state index is 12.7. The fourth-order valence-electron chi connectivity index (χ4n) is 3.30. The molecule has 24 heavy (non-hydrogen) atoms. The monoisotopic (exact) mass is 322 g/mol. The number of fused-ring (bicyclic) bond motifs is 1. The predicted molar refractivity (Wildman–Crippen MR) is 88.7 cm³/mol. The molecule has 1 N–H and O–H groups in total. The first kappa shape index (κ1) is 14.8. The van der Waals surface area contributed by atoms with E-state index >= 15 is 0 Å². The highest BCUT2D eigenvalue weighted by atomic mass is 16.3. The molecule has 1 saturated heterocycles. The van der Waals surface area contributed by atoms with E-state index in [1.165, 1.54) is 0 Å². The maximum Gasteiger partial charge on any atom is 0.274 e. The number of aliphatic hydroxyl groups is 1. The van der Waals surface area contributed by atoms with Gasteiger partial charge in [0.25, 0.3) is 5.91 Å². The van der Waals surface area contributed by atoms with Crippen molar-refractivity contribution in [2.24, 2.45) is 0 Å². The molecule has 2 atom stereocenters. The number of aromatic nitrogens is 3. The van der Waals surface area contributed by atoms with Gasteiger partial charge < -0.3 is 10.0 Å².